The van der Waals surface area contributed by atoms with Crippen LogP contribution >= 0.6 is 34.8 Å². The first-order chi connectivity index (χ1) is 7.45. The Bertz CT molecular complexity index is 373. The maximum atomic E-state index is 11.2. The average molecular weight is 282 g/mol. The second-order valence-electron chi connectivity index (χ2n) is 2.87. The van der Waals surface area contributed by atoms with E-state index in [0.717, 1.165) is 0 Å². The maximum Gasteiger partial charge on any atom is 0.359 e. The highest BCUT2D eigenvalue weighted by molar-refractivity contribution is 6.75. The number of ether oxygens (including phenoxy) is 1. The number of aldehydes is 1. The molecule has 0 radical (unpaired) electrons. The zero-order valence-corrected chi connectivity index (χ0v) is 10.2. The Balaban J connectivity index is 2.79. The van der Waals surface area contributed by atoms with Crippen molar-refractivity contribution in [3.63, 3.8) is 0 Å². The maximum absolute atomic E-state index is 11.2. The lowest BCUT2D eigenvalue weighted by Crippen LogP contribution is -2.24. The topological polar surface area (TPSA) is 43.4 Å². The largest absolute Gasteiger partial charge is 0.447 e. The van der Waals surface area contributed by atoms with Gasteiger partial charge in [-0.05, 0) is 5.56 Å². The molecule has 1 aromatic rings. The van der Waals surface area contributed by atoms with E-state index in [1.807, 2.05) is 0 Å². The van der Waals surface area contributed by atoms with Crippen LogP contribution in [0.3, 0.4) is 0 Å². The molecular formula is C10H7Cl3O3. The first kappa shape index (κ1) is 13.3. The van der Waals surface area contributed by atoms with E-state index in [4.69, 9.17) is 39.5 Å². The van der Waals surface area contributed by atoms with Crippen LogP contribution in [-0.4, -0.2) is 16.0 Å². The molecule has 16 heavy (non-hydrogen) atoms. The number of rotatable bonds is 3. The van der Waals surface area contributed by atoms with E-state index >= 15 is 0 Å². The van der Waals surface area contributed by atoms with E-state index in [-0.39, 0.29) is 0 Å². The molecule has 0 aliphatic carbocycles. The summed E-state index contributed by atoms with van der Waals surface area (Å²) in [5.41, 5.74) is 0.514. The summed E-state index contributed by atoms with van der Waals surface area (Å²) in [6, 6.07) is 8.43. The van der Waals surface area contributed by atoms with Gasteiger partial charge in [0.15, 0.2) is 12.4 Å². The molecule has 0 saturated carbocycles. The standard InChI is InChI=1S/C10H7Cl3O3/c11-10(12,13)9(15)16-8(6-14)7-4-2-1-3-5-7/h1-6,8H. The number of halogens is 3. The minimum Gasteiger partial charge on any atom is -0.447 e. The molecule has 6 heteroatoms. The molecular weight excluding hydrogens is 274 g/mol. The highest BCUT2D eigenvalue weighted by Crippen LogP contribution is 2.29. The van der Waals surface area contributed by atoms with Crippen molar-refractivity contribution in [1.29, 1.82) is 0 Å². The molecule has 0 saturated heterocycles. The van der Waals surface area contributed by atoms with Gasteiger partial charge in [-0.1, -0.05) is 65.1 Å². The molecule has 0 fully saturated rings. The third-order valence-electron chi connectivity index (χ3n) is 1.72. The molecule has 3 nitrogen and oxygen atoms in total. The molecule has 0 aliphatic rings. The van der Waals surface area contributed by atoms with Gasteiger partial charge in [-0.3, -0.25) is 4.79 Å². The smallest absolute Gasteiger partial charge is 0.359 e. The van der Waals surface area contributed by atoms with Crippen LogP contribution < -0.4 is 0 Å². The number of carbonyl (C=O) groups excluding carboxylic acids is 2. The van der Waals surface area contributed by atoms with Crippen LogP contribution in [0.1, 0.15) is 11.7 Å². The lowest BCUT2D eigenvalue weighted by Gasteiger charge is -2.15. The van der Waals surface area contributed by atoms with Gasteiger partial charge in [0, 0.05) is 0 Å². The SMILES string of the molecule is O=CC(OC(=O)C(Cl)(Cl)Cl)c1ccccc1. The van der Waals surface area contributed by atoms with Gasteiger partial charge < -0.3 is 4.74 Å². The Hall–Kier alpha value is -0.770. The summed E-state index contributed by atoms with van der Waals surface area (Å²) < 4.78 is 2.56. The third-order valence-corrected chi connectivity index (χ3v) is 2.18. The molecule has 0 aliphatic heterocycles. The first-order valence-electron chi connectivity index (χ1n) is 4.23. The molecule has 1 atom stereocenters. The van der Waals surface area contributed by atoms with Crippen LogP contribution in [0, 0.1) is 0 Å². The van der Waals surface area contributed by atoms with Gasteiger partial charge in [0.1, 0.15) is 0 Å². The second kappa shape index (κ2) is 5.53. The lowest BCUT2D eigenvalue weighted by atomic mass is 10.1. The molecule has 1 aromatic carbocycles. The number of hydrogen-bond donors (Lipinski definition) is 0. The van der Waals surface area contributed by atoms with Gasteiger partial charge in [0.25, 0.3) is 3.79 Å². The summed E-state index contributed by atoms with van der Waals surface area (Å²) in [5, 5.41) is 0. The number of benzene rings is 1. The van der Waals surface area contributed by atoms with Crippen molar-refractivity contribution >= 4 is 47.1 Å². The lowest BCUT2D eigenvalue weighted by molar-refractivity contribution is -0.151. The summed E-state index contributed by atoms with van der Waals surface area (Å²) in [7, 11) is 0. The predicted octanol–water partition coefficient (Wildman–Crippen LogP) is 2.84. The summed E-state index contributed by atoms with van der Waals surface area (Å²) in [6.45, 7) is 0. The first-order valence-corrected chi connectivity index (χ1v) is 5.36. The molecule has 1 unspecified atom stereocenters. The van der Waals surface area contributed by atoms with E-state index in [2.05, 4.69) is 0 Å². The summed E-state index contributed by atoms with van der Waals surface area (Å²) in [6.07, 6.45) is -0.603. The van der Waals surface area contributed by atoms with Gasteiger partial charge in [-0.25, -0.2) is 4.79 Å². The van der Waals surface area contributed by atoms with E-state index in [1.54, 1.807) is 30.3 Å². The molecule has 0 N–H and O–H groups in total. The van der Waals surface area contributed by atoms with Crippen molar-refractivity contribution in [3.8, 4) is 0 Å². The van der Waals surface area contributed by atoms with Gasteiger partial charge in [-0.2, -0.15) is 0 Å². The van der Waals surface area contributed by atoms with Crippen LogP contribution in [0.15, 0.2) is 30.3 Å². The molecule has 0 aromatic heterocycles. The quantitative estimate of drug-likeness (QED) is 0.486. The molecule has 1 rings (SSSR count). The normalized spacial score (nSPS) is 12.9. The minimum absolute atomic E-state index is 0.462. The van der Waals surface area contributed by atoms with E-state index in [0.29, 0.717) is 11.8 Å². The fourth-order valence-electron chi connectivity index (χ4n) is 0.999. The van der Waals surface area contributed by atoms with Crippen LogP contribution in [0.2, 0.25) is 0 Å². The fourth-order valence-corrected chi connectivity index (χ4v) is 1.13. The Labute approximate surface area is 107 Å². The molecule has 0 spiro atoms. The molecule has 86 valence electrons. The Morgan fingerprint density at radius 1 is 1.25 bits per heavy atom. The van der Waals surface area contributed by atoms with Gasteiger partial charge in [0.05, 0.1) is 0 Å². The van der Waals surface area contributed by atoms with Gasteiger partial charge in [-0.15, -0.1) is 0 Å². The summed E-state index contributed by atoms with van der Waals surface area (Å²) in [5.74, 6) is -1.08. The molecule has 0 amide bonds. The van der Waals surface area contributed by atoms with E-state index in [1.165, 1.54) is 0 Å². The van der Waals surface area contributed by atoms with Gasteiger partial charge >= 0.3 is 5.97 Å². The summed E-state index contributed by atoms with van der Waals surface area (Å²) in [4.78, 5) is 22.0. The fraction of sp³-hybridized carbons (Fsp3) is 0.200. The van der Waals surface area contributed by atoms with Gasteiger partial charge in [0.2, 0.25) is 0 Å². The van der Waals surface area contributed by atoms with Crippen LogP contribution in [-0.2, 0) is 14.3 Å². The van der Waals surface area contributed by atoms with Crippen molar-refractivity contribution in [2.45, 2.75) is 9.90 Å². The molecule has 0 bridgehead atoms. The highest BCUT2D eigenvalue weighted by Gasteiger charge is 2.34. The summed E-state index contributed by atoms with van der Waals surface area (Å²) >= 11 is 15.9. The third kappa shape index (κ3) is 3.67. The predicted molar refractivity (Wildman–Crippen MR) is 61.6 cm³/mol. The van der Waals surface area contributed by atoms with E-state index in [9.17, 15) is 9.59 Å². The van der Waals surface area contributed by atoms with Crippen molar-refractivity contribution < 1.29 is 14.3 Å². The van der Waals surface area contributed by atoms with Crippen LogP contribution in [0.25, 0.3) is 0 Å². The van der Waals surface area contributed by atoms with E-state index < -0.39 is 15.9 Å². The van der Waals surface area contributed by atoms with Crippen molar-refractivity contribution in [3.05, 3.63) is 35.9 Å². The number of alkyl halides is 3. The Morgan fingerprint density at radius 2 is 1.81 bits per heavy atom. The zero-order chi connectivity index (χ0) is 12.2. The highest BCUT2D eigenvalue weighted by atomic mass is 35.6. The van der Waals surface area contributed by atoms with Crippen LogP contribution in [0.5, 0.6) is 0 Å². The second-order valence-corrected chi connectivity index (χ2v) is 5.15. The minimum atomic E-state index is -2.18. The van der Waals surface area contributed by atoms with Crippen molar-refractivity contribution in [2.24, 2.45) is 0 Å². The van der Waals surface area contributed by atoms with Crippen molar-refractivity contribution in [2.75, 3.05) is 0 Å². The van der Waals surface area contributed by atoms with Crippen molar-refractivity contribution in [1.82, 2.24) is 0 Å². The monoisotopic (exact) mass is 280 g/mol. The number of esters is 1. The number of hydrogen-bond acceptors (Lipinski definition) is 3. The Kier molecular flexibility index (Phi) is 4.59. The average Bonchev–Trinajstić information content (AvgIpc) is 2.25. The zero-order valence-electron chi connectivity index (χ0n) is 7.90. The van der Waals surface area contributed by atoms with Crippen LogP contribution in [0.4, 0.5) is 0 Å². The Morgan fingerprint density at radius 3 is 2.25 bits per heavy atom. The molecule has 0 heterocycles. The number of carbonyl (C=O) groups is 2.